The molecule has 1 atom stereocenters. The van der Waals surface area contributed by atoms with Crippen molar-refractivity contribution in [1.29, 1.82) is 0 Å². The van der Waals surface area contributed by atoms with Crippen LogP contribution in [0.4, 0.5) is 0 Å². The van der Waals surface area contributed by atoms with E-state index < -0.39 is 0 Å². The molecule has 0 amide bonds. The third-order valence-corrected chi connectivity index (χ3v) is 3.17. The van der Waals surface area contributed by atoms with E-state index in [4.69, 9.17) is 10.5 Å². The number of hydrogen-bond donors (Lipinski definition) is 1. The summed E-state index contributed by atoms with van der Waals surface area (Å²) in [6.07, 6.45) is 4.48. The minimum Gasteiger partial charge on any atom is -0.493 e. The van der Waals surface area contributed by atoms with Crippen LogP contribution in [0.25, 0.3) is 0 Å². The van der Waals surface area contributed by atoms with Gasteiger partial charge in [-0.05, 0) is 49.8 Å². The van der Waals surface area contributed by atoms with Crippen LogP contribution in [0.15, 0.2) is 24.3 Å². The average molecular weight is 235 g/mol. The molecule has 0 radical (unpaired) electrons. The topological polar surface area (TPSA) is 35.2 Å². The van der Waals surface area contributed by atoms with Crippen LogP contribution >= 0.6 is 0 Å². The van der Waals surface area contributed by atoms with Gasteiger partial charge < -0.3 is 10.5 Å². The Labute approximate surface area is 105 Å². The molecule has 0 saturated carbocycles. The Kier molecular flexibility index (Phi) is 6.71. The molecule has 17 heavy (non-hydrogen) atoms. The predicted octanol–water partition coefficient (Wildman–Crippen LogP) is 3.71. The molecule has 0 heterocycles. The number of para-hydroxylation sites is 1. The SMILES string of the molecule is CCC(C)c1ccccc1OCCCCCN. The van der Waals surface area contributed by atoms with Gasteiger partial charge in [-0.25, -0.2) is 0 Å². The lowest BCUT2D eigenvalue weighted by molar-refractivity contribution is 0.301. The number of benzene rings is 1. The van der Waals surface area contributed by atoms with E-state index >= 15 is 0 Å². The molecule has 0 spiro atoms. The molecule has 0 aromatic heterocycles. The first kappa shape index (κ1) is 14.0. The van der Waals surface area contributed by atoms with Crippen molar-refractivity contribution in [3.05, 3.63) is 29.8 Å². The minimum absolute atomic E-state index is 0.565. The third kappa shape index (κ3) is 4.78. The Balaban J connectivity index is 2.46. The fraction of sp³-hybridized carbons (Fsp3) is 0.600. The standard InChI is InChI=1S/C15H25NO/c1-3-13(2)14-9-5-6-10-15(14)17-12-8-4-7-11-16/h5-6,9-10,13H,3-4,7-8,11-12,16H2,1-2H3. The Morgan fingerprint density at radius 3 is 2.65 bits per heavy atom. The molecule has 0 fully saturated rings. The van der Waals surface area contributed by atoms with E-state index in [9.17, 15) is 0 Å². The van der Waals surface area contributed by atoms with Crippen LogP contribution in [0.2, 0.25) is 0 Å². The van der Waals surface area contributed by atoms with Crippen molar-refractivity contribution in [2.24, 2.45) is 5.73 Å². The van der Waals surface area contributed by atoms with Crippen LogP contribution in [-0.4, -0.2) is 13.2 Å². The van der Waals surface area contributed by atoms with Crippen LogP contribution in [0.1, 0.15) is 51.0 Å². The van der Waals surface area contributed by atoms with Gasteiger partial charge in [0.05, 0.1) is 6.61 Å². The largest absolute Gasteiger partial charge is 0.493 e. The maximum absolute atomic E-state index is 5.87. The molecule has 2 nitrogen and oxygen atoms in total. The van der Waals surface area contributed by atoms with Crippen molar-refractivity contribution in [3.8, 4) is 5.75 Å². The Morgan fingerprint density at radius 2 is 1.94 bits per heavy atom. The first-order chi connectivity index (χ1) is 8.29. The van der Waals surface area contributed by atoms with Crippen LogP contribution in [0.5, 0.6) is 5.75 Å². The molecule has 0 aliphatic carbocycles. The van der Waals surface area contributed by atoms with Crippen LogP contribution in [-0.2, 0) is 0 Å². The highest BCUT2D eigenvalue weighted by Crippen LogP contribution is 2.28. The zero-order valence-corrected chi connectivity index (χ0v) is 11.1. The molecule has 2 N–H and O–H groups in total. The molecular weight excluding hydrogens is 210 g/mol. The molecule has 0 aliphatic heterocycles. The molecule has 0 aliphatic rings. The first-order valence-corrected chi connectivity index (χ1v) is 6.71. The van der Waals surface area contributed by atoms with E-state index in [0.717, 1.165) is 44.6 Å². The summed E-state index contributed by atoms with van der Waals surface area (Å²) in [5.41, 5.74) is 6.79. The monoisotopic (exact) mass is 235 g/mol. The van der Waals surface area contributed by atoms with E-state index in [-0.39, 0.29) is 0 Å². The fourth-order valence-corrected chi connectivity index (χ4v) is 1.84. The van der Waals surface area contributed by atoms with Crippen molar-refractivity contribution in [1.82, 2.24) is 0 Å². The summed E-state index contributed by atoms with van der Waals surface area (Å²) in [5.74, 6) is 1.62. The smallest absolute Gasteiger partial charge is 0.122 e. The van der Waals surface area contributed by atoms with Crippen LogP contribution in [0.3, 0.4) is 0 Å². The maximum atomic E-state index is 5.87. The van der Waals surface area contributed by atoms with Gasteiger partial charge >= 0.3 is 0 Å². The second-order valence-corrected chi connectivity index (χ2v) is 4.54. The second kappa shape index (κ2) is 8.13. The van der Waals surface area contributed by atoms with Gasteiger partial charge in [-0.1, -0.05) is 32.0 Å². The highest BCUT2D eigenvalue weighted by atomic mass is 16.5. The Bertz CT molecular complexity index is 312. The van der Waals surface area contributed by atoms with Gasteiger partial charge in [-0.3, -0.25) is 0 Å². The normalized spacial score (nSPS) is 12.4. The Hall–Kier alpha value is -1.02. The third-order valence-electron chi connectivity index (χ3n) is 3.17. The number of unbranched alkanes of at least 4 members (excludes halogenated alkanes) is 2. The molecule has 0 saturated heterocycles. The minimum atomic E-state index is 0.565. The van der Waals surface area contributed by atoms with Gasteiger partial charge in [-0.2, -0.15) is 0 Å². The van der Waals surface area contributed by atoms with Gasteiger partial charge in [0.1, 0.15) is 5.75 Å². The van der Waals surface area contributed by atoms with Gasteiger partial charge in [0.2, 0.25) is 0 Å². The summed E-state index contributed by atoms with van der Waals surface area (Å²) < 4.78 is 5.87. The second-order valence-electron chi connectivity index (χ2n) is 4.54. The van der Waals surface area contributed by atoms with Crippen molar-refractivity contribution >= 4 is 0 Å². The van der Waals surface area contributed by atoms with E-state index in [1.54, 1.807) is 0 Å². The van der Waals surface area contributed by atoms with Crippen LogP contribution < -0.4 is 10.5 Å². The van der Waals surface area contributed by atoms with E-state index in [1.807, 2.05) is 6.07 Å². The quantitative estimate of drug-likeness (QED) is 0.697. The summed E-state index contributed by atoms with van der Waals surface area (Å²) in [6, 6.07) is 8.37. The number of hydrogen-bond acceptors (Lipinski definition) is 2. The van der Waals surface area contributed by atoms with Crippen molar-refractivity contribution in [2.45, 2.75) is 45.4 Å². The molecule has 1 rings (SSSR count). The van der Waals surface area contributed by atoms with E-state index in [1.165, 1.54) is 5.56 Å². The van der Waals surface area contributed by atoms with E-state index in [2.05, 4.69) is 32.0 Å². The highest BCUT2D eigenvalue weighted by Gasteiger charge is 2.08. The number of ether oxygens (including phenoxy) is 1. The number of rotatable bonds is 8. The predicted molar refractivity (Wildman–Crippen MR) is 73.5 cm³/mol. The molecule has 1 aromatic rings. The molecule has 1 unspecified atom stereocenters. The van der Waals surface area contributed by atoms with Crippen LogP contribution in [0, 0.1) is 0 Å². The van der Waals surface area contributed by atoms with Crippen molar-refractivity contribution in [2.75, 3.05) is 13.2 Å². The molecular formula is C15H25NO. The molecule has 96 valence electrons. The lowest BCUT2D eigenvalue weighted by atomic mass is 9.98. The summed E-state index contributed by atoms with van der Waals surface area (Å²) in [5, 5.41) is 0. The van der Waals surface area contributed by atoms with E-state index in [0.29, 0.717) is 5.92 Å². The zero-order valence-electron chi connectivity index (χ0n) is 11.1. The number of nitrogens with two attached hydrogens (primary N) is 1. The highest BCUT2D eigenvalue weighted by molar-refractivity contribution is 5.35. The lowest BCUT2D eigenvalue weighted by Crippen LogP contribution is -2.04. The Morgan fingerprint density at radius 1 is 1.18 bits per heavy atom. The average Bonchev–Trinajstić information content (AvgIpc) is 2.38. The maximum Gasteiger partial charge on any atom is 0.122 e. The summed E-state index contributed by atoms with van der Waals surface area (Å²) in [6.45, 7) is 6.04. The first-order valence-electron chi connectivity index (χ1n) is 6.71. The van der Waals surface area contributed by atoms with Crippen molar-refractivity contribution in [3.63, 3.8) is 0 Å². The zero-order chi connectivity index (χ0) is 12.5. The molecule has 2 heteroatoms. The van der Waals surface area contributed by atoms with Gasteiger partial charge in [0.15, 0.2) is 0 Å². The fourth-order valence-electron chi connectivity index (χ4n) is 1.84. The summed E-state index contributed by atoms with van der Waals surface area (Å²) >= 11 is 0. The van der Waals surface area contributed by atoms with Gasteiger partial charge in [0.25, 0.3) is 0 Å². The van der Waals surface area contributed by atoms with Gasteiger partial charge in [-0.15, -0.1) is 0 Å². The molecule has 0 bridgehead atoms. The lowest BCUT2D eigenvalue weighted by Gasteiger charge is -2.15. The summed E-state index contributed by atoms with van der Waals surface area (Å²) in [4.78, 5) is 0. The van der Waals surface area contributed by atoms with Crippen molar-refractivity contribution < 1.29 is 4.74 Å². The van der Waals surface area contributed by atoms with Gasteiger partial charge in [0, 0.05) is 0 Å². The summed E-state index contributed by atoms with van der Waals surface area (Å²) in [7, 11) is 0. The molecule has 1 aromatic carbocycles.